The van der Waals surface area contributed by atoms with Gasteiger partial charge in [0.05, 0.1) is 0 Å². The van der Waals surface area contributed by atoms with Crippen LogP contribution < -0.4 is 10.8 Å². The van der Waals surface area contributed by atoms with E-state index in [-0.39, 0.29) is 28.7 Å². The average molecular weight is 421 g/mol. The Morgan fingerprint density at radius 2 is 1.97 bits per heavy atom. The molecule has 31 heavy (non-hydrogen) atoms. The zero-order chi connectivity index (χ0) is 21.9. The van der Waals surface area contributed by atoms with Gasteiger partial charge in [-0.3, -0.25) is 14.8 Å². The summed E-state index contributed by atoms with van der Waals surface area (Å²) in [6.07, 6.45) is 2.93. The Kier molecular flexibility index (Phi) is 4.64. The fourth-order valence-corrected chi connectivity index (χ4v) is 5.24. The number of hydrogen-bond donors (Lipinski definition) is 1. The van der Waals surface area contributed by atoms with Gasteiger partial charge in [0.15, 0.2) is 0 Å². The number of aromatic nitrogens is 2. The van der Waals surface area contributed by atoms with E-state index in [0.717, 1.165) is 23.0 Å². The van der Waals surface area contributed by atoms with E-state index in [9.17, 15) is 20.0 Å². The van der Waals surface area contributed by atoms with Crippen LogP contribution in [0, 0.1) is 11.1 Å². The monoisotopic (exact) mass is 421 g/mol. The highest BCUT2D eigenvalue weighted by atomic mass is 16.8. The summed E-state index contributed by atoms with van der Waals surface area (Å²) < 4.78 is 3.75. The Labute approximate surface area is 179 Å². The van der Waals surface area contributed by atoms with Gasteiger partial charge in [0.1, 0.15) is 5.69 Å². The normalized spacial score (nSPS) is 20.2. The molecule has 2 atom stereocenters. The number of benzene rings is 1. The first-order valence-electron chi connectivity index (χ1n) is 10.6. The summed E-state index contributed by atoms with van der Waals surface area (Å²) >= 11 is 0. The maximum atomic E-state index is 13.5. The molecule has 1 saturated heterocycles. The summed E-state index contributed by atoms with van der Waals surface area (Å²) in [5.41, 5.74) is 1.80. The zero-order valence-corrected chi connectivity index (χ0v) is 17.6. The summed E-state index contributed by atoms with van der Waals surface area (Å²) in [6.45, 7) is 5.76. The average Bonchev–Trinajstić information content (AvgIpc) is 3.18. The molecule has 1 aromatic carbocycles. The van der Waals surface area contributed by atoms with Crippen LogP contribution in [0.3, 0.4) is 0 Å². The Morgan fingerprint density at radius 1 is 1.16 bits per heavy atom. The van der Waals surface area contributed by atoms with Gasteiger partial charge < -0.3 is 24.5 Å². The van der Waals surface area contributed by atoms with Gasteiger partial charge in [-0.1, -0.05) is 6.07 Å². The molecule has 2 bridgehead atoms. The molecule has 162 valence electrons. The molecular weight excluding hydrogens is 396 g/mol. The highest BCUT2D eigenvalue weighted by molar-refractivity contribution is 6.06. The Balaban J connectivity index is 1.47. The standard InChI is InChI=1S/C23H25N4O4/c1-14(2)25-9-8-17-18(4-3-5-20(17)25)22(28)24-11-15-10-16(13-24)19-6-7-21(27(30)31)23(29)26(19)12-15/h3-9,14-16,30H,10-13H2,1-2H3/q-1/t15-,16?/m0/s1. The second-order valence-corrected chi connectivity index (χ2v) is 8.90. The Morgan fingerprint density at radius 3 is 2.71 bits per heavy atom. The van der Waals surface area contributed by atoms with Gasteiger partial charge in [0.2, 0.25) is 0 Å². The van der Waals surface area contributed by atoms with Crippen LogP contribution >= 0.6 is 0 Å². The quantitative estimate of drug-likeness (QED) is 0.655. The molecule has 4 heterocycles. The molecule has 0 saturated carbocycles. The van der Waals surface area contributed by atoms with E-state index < -0.39 is 5.56 Å². The first-order valence-corrected chi connectivity index (χ1v) is 10.6. The minimum Gasteiger partial charge on any atom is -0.733 e. The number of carbonyl (C=O) groups excluding carboxylic acids is 1. The molecule has 1 fully saturated rings. The lowest BCUT2D eigenvalue weighted by molar-refractivity contribution is 0.0596. The van der Waals surface area contributed by atoms with Gasteiger partial charge >= 0.3 is 0 Å². The van der Waals surface area contributed by atoms with Crippen molar-refractivity contribution in [2.45, 2.75) is 38.8 Å². The highest BCUT2D eigenvalue weighted by Crippen LogP contribution is 2.36. The third kappa shape index (κ3) is 3.14. The number of carbonyl (C=O) groups is 1. The van der Waals surface area contributed by atoms with Crippen LogP contribution in [0.5, 0.6) is 0 Å². The minimum atomic E-state index is -0.482. The predicted molar refractivity (Wildman–Crippen MR) is 117 cm³/mol. The number of hydrogen-bond acceptors (Lipinski definition) is 5. The van der Waals surface area contributed by atoms with Crippen LogP contribution in [0.15, 0.2) is 47.4 Å². The van der Waals surface area contributed by atoms with Crippen molar-refractivity contribution in [3.05, 3.63) is 69.4 Å². The van der Waals surface area contributed by atoms with E-state index in [4.69, 9.17) is 0 Å². The maximum absolute atomic E-state index is 13.5. The number of nitrogens with zero attached hydrogens (tertiary/aromatic N) is 4. The van der Waals surface area contributed by atoms with Gasteiger partial charge in [-0.05, 0) is 56.5 Å². The maximum Gasteiger partial charge on any atom is 0.275 e. The van der Waals surface area contributed by atoms with Crippen molar-refractivity contribution < 1.29 is 10.0 Å². The molecule has 1 amide bonds. The van der Waals surface area contributed by atoms with Crippen LogP contribution in [0.1, 0.15) is 48.3 Å². The Hall–Kier alpha value is -3.10. The van der Waals surface area contributed by atoms with Crippen molar-refractivity contribution >= 4 is 22.5 Å². The number of likely N-dealkylation sites (tertiary alicyclic amines) is 1. The Bertz CT molecular complexity index is 1230. The lowest BCUT2D eigenvalue weighted by Crippen LogP contribution is -2.49. The largest absolute Gasteiger partial charge is 0.733 e. The third-order valence-corrected chi connectivity index (χ3v) is 6.63. The fourth-order valence-electron chi connectivity index (χ4n) is 5.24. The topological polar surface area (TPSA) is 93.8 Å². The van der Waals surface area contributed by atoms with Crippen molar-refractivity contribution in [3.63, 3.8) is 0 Å². The van der Waals surface area contributed by atoms with Crippen molar-refractivity contribution in [1.82, 2.24) is 14.0 Å². The second-order valence-electron chi connectivity index (χ2n) is 8.90. The molecule has 2 aromatic heterocycles. The summed E-state index contributed by atoms with van der Waals surface area (Å²) in [7, 11) is 0. The number of rotatable bonds is 3. The van der Waals surface area contributed by atoms with Crippen LogP contribution in [0.2, 0.25) is 0 Å². The summed E-state index contributed by atoms with van der Waals surface area (Å²) in [5, 5.41) is 21.0. The molecule has 1 unspecified atom stereocenters. The molecule has 0 aliphatic carbocycles. The van der Waals surface area contributed by atoms with E-state index in [0.29, 0.717) is 31.2 Å². The molecule has 5 rings (SSSR count). The number of pyridine rings is 1. The first kappa shape index (κ1) is 19.8. The van der Waals surface area contributed by atoms with Crippen LogP contribution in [-0.2, 0) is 6.54 Å². The van der Waals surface area contributed by atoms with E-state index >= 15 is 0 Å². The zero-order valence-electron chi connectivity index (χ0n) is 17.6. The SMILES string of the molecule is CC(C)n1ccc2c(C(=O)N3CC4C[C@@H](C3)Cn3c4ccc(N([O-])O)c3=O)cccc21. The lowest BCUT2D eigenvalue weighted by atomic mass is 9.83. The second kappa shape index (κ2) is 7.25. The number of fused-ring (bicyclic) bond motifs is 5. The molecule has 2 aliphatic heterocycles. The van der Waals surface area contributed by atoms with E-state index in [1.165, 1.54) is 6.07 Å². The summed E-state index contributed by atoms with van der Waals surface area (Å²) in [4.78, 5) is 28.0. The van der Waals surface area contributed by atoms with Gasteiger partial charge in [-0.2, -0.15) is 0 Å². The van der Waals surface area contributed by atoms with E-state index in [1.807, 2.05) is 35.4 Å². The van der Waals surface area contributed by atoms with Crippen molar-refractivity contribution in [3.8, 4) is 0 Å². The molecule has 0 spiro atoms. The number of piperidine rings is 1. The van der Waals surface area contributed by atoms with Crippen LogP contribution in [0.25, 0.3) is 10.9 Å². The lowest BCUT2D eigenvalue weighted by Gasteiger charge is -2.43. The fraction of sp³-hybridized carbons (Fsp3) is 0.391. The highest BCUT2D eigenvalue weighted by Gasteiger charge is 2.37. The van der Waals surface area contributed by atoms with Crippen molar-refractivity contribution in [2.75, 3.05) is 18.3 Å². The molecule has 8 heteroatoms. The molecule has 3 aromatic rings. The predicted octanol–water partition coefficient (Wildman–Crippen LogP) is 3.34. The number of anilines is 1. The molecule has 8 nitrogen and oxygen atoms in total. The molecular formula is C23H25N4O4-. The molecule has 0 radical (unpaired) electrons. The van der Waals surface area contributed by atoms with Crippen LogP contribution in [-0.4, -0.2) is 38.2 Å². The smallest absolute Gasteiger partial charge is 0.275 e. The summed E-state index contributed by atoms with van der Waals surface area (Å²) in [6, 6.07) is 11.2. The van der Waals surface area contributed by atoms with Gasteiger partial charge in [-0.25, -0.2) is 0 Å². The van der Waals surface area contributed by atoms with Gasteiger partial charge in [0, 0.05) is 60.0 Å². The van der Waals surface area contributed by atoms with Crippen molar-refractivity contribution in [2.24, 2.45) is 5.92 Å². The van der Waals surface area contributed by atoms with Crippen LogP contribution in [0.4, 0.5) is 5.69 Å². The van der Waals surface area contributed by atoms with E-state index in [2.05, 4.69) is 18.4 Å². The summed E-state index contributed by atoms with van der Waals surface area (Å²) in [5.74, 6) is 0.160. The van der Waals surface area contributed by atoms with E-state index in [1.54, 1.807) is 10.6 Å². The first-order chi connectivity index (χ1) is 14.8. The molecule has 1 N–H and O–H groups in total. The van der Waals surface area contributed by atoms with Gasteiger partial charge in [0.25, 0.3) is 11.5 Å². The molecule has 2 aliphatic rings. The number of amides is 1. The van der Waals surface area contributed by atoms with Crippen molar-refractivity contribution in [1.29, 1.82) is 0 Å². The van der Waals surface area contributed by atoms with Gasteiger partial charge in [-0.15, -0.1) is 0 Å². The third-order valence-electron chi connectivity index (χ3n) is 6.63. The minimum absolute atomic E-state index is 0.00955.